The molecule has 5 heteroatoms. The van der Waals surface area contributed by atoms with Gasteiger partial charge in [-0.15, -0.1) is 0 Å². The van der Waals surface area contributed by atoms with Gasteiger partial charge in [-0.05, 0) is 113 Å². The molecule has 0 unspecified atom stereocenters. The zero-order chi connectivity index (χ0) is 49.2. The lowest BCUT2D eigenvalue weighted by Crippen LogP contribution is -2.54. The van der Waals surface area contributed by atoms with Gasteiger partial charge in [0.15, 0.2) is 5.58 Å². The summed E-state index contributed by atoms with van der Waals surface area (Å²) in [6, 6.07) is 80.9. The van der Waals surface area contributed by atoms with E-state index < -0.39 is 0 Å². The molecule has 0 aliphatic carbocycles. The highest BCUT2D eigenvalue weighted by atomic mass is 16.5. The van der Waals surface area contributed by atoms with Gasteiger partial charge >= 0.3 is 0 Å². The van der Waals surface area contributed by atoms with Crippen LogP contribution in [-0.4, -0.2) is 6.71 Å². The minimum atomic E-state index is -0.129. The van der Waals surface area contributed by atoms with Crippen LogP contribution in [0.5, 0.6) is 11.5 Å². The molecular formula is C69H46BNO3. The van der Waals surface area contributed by atoms with Gasteiger partial charge < -0.3 is 18.5 Å². The van der Waals surface area contributed by atoms with E-state index in [1.165, 1.54) is 49.2 Å². The number of benzene rings is 12. The third-order valence-corrected chi connectivity index (χ3v) is 15.7. The number of nitrogens with zero attached hydrogens (tertiary/aromatic N) is 1. The third kappa shape index (κ3) is 6.36. The predicted octanol–water partition coefficient (Wildman–Crippen LogP) is 17.3. The van der Waals surface area contributed by atoms with Crippen LogP contribution in [-0.2, 0) is 0 Å². The number of hydrogen-bond donors (Lipinski definition) is 0. The summed E-state index contributed by atoms with van der Waals surface area (Å²) in [6.45, 7) is 6.60. The first-order chi connectivity index (χ1) is 36.4. The SMILES string of the molecule is Cc1cc(C)c(B(c2cc3c4cccc5c4c(cc3c3ccccc23)-c2ccc(N(c3ccccc3-c3ccccc3)c3cccc4c3oc3ccccc34)cc2O5)c2cccc3c2oc2ccccc23)c(C)c1. The van der Waals surface area contributed by atoms with E-state index in [4.69, 9.17) is 13.6 Å². The van der Waals surface area contributed by atoms with Crippen LogP contribution in [0.1, 0.15) is 16.7 Å². The average Bonchev–Trinajstić information content (AvgIpc) is 4.03. The Morgan fingerprint density at radius 2 is 0.959 bits per heavy atom. The minimum Gasteiger partial charge on any atom is -0.457 e. The van der Waals surface area contributed by atoms with Gasteiger partial charge in [0.05, 0.1) is 17.1 Å². The van der Waals surface area contributed by atoms with Crippen LogP contribution in [0, 0.1) is 20.8 Å². The van der Waals surface area contributed by atoms with E-state index in [1.807, 2.05) is 12.1 Å². The molecule has 0 saturated carbocycles. The number of ether oxygens (including phenoxy) is 1. The van der Waals surface area contributed by atoms with Crippen molar-refractivity contribution in [1.29, 1.82) is 0 Å². The van der Waals surface area contributed by atoms with Crippen molar-refractivity contribution < 1.29 is 13.6 Å². The van der Waals surface area contributed by atoms with Crippen molar-refractivity contribution in [3.05, 3.63) is 241 Å². The summed E-state index contributed by atoms with van der Waals surface area (Å²) in [4.78, 5) is 2.34. The maximum absolute atomic E-state index is 7.17. The van der Waals surface area contributed by atoms with Crippen molar-refractivity contribution in [3.63, 3.8) is 0 Å². The Balaban J connectivity index is 0.958. The topological polar surface area (TPSA) is 38.8 Å². The molecule has 0 radical (unpaired) electrons. The van der Waals surface area contributed by atoms with Crippen LogP contribution in [0.25, 0.3) is 98.4 Å². The van der Waals surface area contributed by atoms with Crippen LogP contribution in [0.4, 0.5) is 17.1 Å². The van der Waals surface area contributed by atoms with E-state index in [1.54, 1.807) is 0 Å². The van der Waals surface area contributed by atoms with Crippen LogP contribution in [0.2, 0.25) is 0 Å². The Hall–Kier alpha value is -9.32. The van der Waals surface area contributed by atoms with Gasteiger partial charge in [-0.25, -0.2) is 0 Å². The molecule has 74 heavy (non-hydrogen) atoms. The maximum atomic E-state index is 7.17. The van der Waals surface area contributed by atoms with Crippen molar-refractivity contribution in [1.82, 2.24) is 0 Å². The van der Waals surface area contributed by atoms with Gasteiger partial charge in [-0.1, -0.05) is 197 Å². The van der Waals surface area contributed by atoms with Crippen molar-refractivity contribution in [2.45, 2.75) is 20.8 Å². The summed E-state index contributed by atoms with van der Waals surface area (Å²) in [5.41, 5.74) is 18.4. The Morgan fingerprint density at radius 1 is 0.365 bits per heavy atom. The number of hydrogen-bond acceptors (Lipinski definition) is 4. The lowest BCUT2D eigenvalue weighted by Gasteiger charge is -2.30. The zero-order valence-electron chi connectivity index (χ0n) is 41.1. The van der Waals surface area contributed by atoms with Gasteiger partial charge in [0.1, 0.15) is 28.2 Å². The first kappa shape index (κ1) is 42.4. The highest BCUT2D eigenvalue weighted by molar-refractivity contribution is 6.98. The fourth-order valence-corrected chi connectivity index (χ4v) is 12.6. The molecule has 3 heterocycles. The van der Waals surface area contributed by atoms with Crippen LogP contribution in [0.3, 0.4) is 0 Å². The second kappa shape index (κ2) is 16.4. The highest BCUT2D eigenvalue weighted by Gasteiger charge is 2.33. The van der Waals surface area contributed by atoms with E-state index in [-0.39, 0.29) is 6.71 Å². The molecule has 0 amide bonds. The van der Waals surface area contributed by atoms with Crippen LogP contribution in [0.15, 0.2) is 233 Å². The standard InChI is InChI=1S/C69H46BNO3/c1-41-36-42(2)67(43(3)37-41)70(58-28-15-26-53-49-23-10-13-31-62(49)73-68(53)58)59-40-56-52-25-17-33-64-66(52)57(39-55(56)47-21-7-8-22-48(47)59)51-35-34-45(38-65(51)72-64)71(60-29-12-9-20-46(60)44-18-5-4-6-19-44)61-30-16-27-54-50-24-11-14-32-63(50)74-69(54)61/h4-40H,1-3H3. The zero-order valence-corrected chi connectivity index (χ0v) is 41.1. The summed E-state index contributed by atoms with van der Waals surface area (Å²) in [5.74, 6) is 1.63. The van der Waals surface area contributed by atoms with Gasteiger partial charge in [0.25, 0.3) is 0 Å². The quantitative estimate of drug-likeness (QED) is 0.118. The molecule has 1 aliphatic rings. The van der Waals surface area contributed by atoms with Crippen molar-refractivity contribution in [2.75, 3.05) is 4.90 Å². The Kier molecular flexibility index (Phi) is 9.37. The van der Waals surface area contributed by atoms with Gasteiger partial charge in [0, 0.05) is 44.1 Å². The Morgan fingerprint density at radius 3 is 1.74 bits per heavy atom. The van der Waals surface area contributed by atoms with E-state index >= 15 is 0 Å². The molecule has 0 saturated heterocycles. The molecule has 14 aromatic rings. The minimum absolute atomic E-state index is 0.129. The average molecular weight is 948 g/mol. The molecule has 4 nitrogen and oxygen atoms in total. The maximum Gasteiger partial charge on any atom is 0.247 e. The van der Waals surface area contributed by atoms with Crippen LogP contribution >= 0.6 is 0 Å². The Bertz CT molecular complexity index is 4620. The number of furan rings is 2. The largest absolute Gasteiger partial charge is 0.457 e. The molecule has 348 valence electrons. The molecule has 0 spiro atoms. The molecule has 0 N–H and O–H groups in total. The normalized spacial score (nSPS) is 12.1. The summed E-state index contributed by atoms with van der Waals surface area (Å²) in [7, 11) is 0. The molecule has 12 aromatic carbocycles. The molecule has 2 aromatic heterocycles. The van der Waals surface area contributed by atoms with E-state index in [0.29, 0.717) is 0 Å². The van der Waals surface area contributed by atoms with Crippen molar-refractivity contribution in [3.8, 4) is 33.8 Å². The lowest BCUT2D eigenvalue weighted by molar-refractivity contribution is 0.487. The number of para-hydroxylation sites is 5. The second-order valence-electron chi connectivity index (χ2n) is 20.0. The van der Waals surface area contributed by atoms with E-state index in [0.717, 1.165) is 111 Å². The lowest BCUT2D eigenvalue weighted by atomic mass is 9.34. The fourth-order valence-electron chi connectivity index (χ4n) is 12.6. The molecule has 0 fully saturated rings. The fraction of sp³-hybridized carbons (Fsp3) is 0.0435. The number of rotatable bonds is 7. The van der Waals surface area contributed by atoms with Gasteiger partial charge in [-0.2, -0.15) is 0 Å². The predicted molar refractivity (Wildman–Crippen MR) is 311 cm³/mol. The van der Waals surface area contributed by atoms with Gasteiger partial charge in [0.2, 0.25) is 6.71 Å². The first-order valence-electron chi connectivity index (χ1n) is 25.5. The summed E-state index contributed by atoms with van der Waals surface area (Å²) in [6.07, 6.45) is 0. The molecule has 1 aliphatic heterocycles. The van der Waals surface area contributed by atoms with Crippen LogP contribution < -0.4 is 26.0 Å². The van der Waals surface area contributed by atoms with Crippen molar-refractivity contribution in [2.24, 2.45) is 0 Å². The molecule has 15 rings (SSSR count). The third-order valence-electron chi connectivity index (χ3n) is 15.7. The number of anilines is 3. The second-order valence-corrected chi connectivity index (χ2v) is 20.0. The number of fused-ring (bicyclic) bond motifs is 12. The monoisotopic (exact) mass is 947 g/mol. The van der Waals surface area contributed by atoms with Crippen molar-refractivity contribution >= 4 is 116 Å². The molecule has 0 bridgehead atoms. The van der Waals surface area contributed by atoms with Gasteiger partial charge in [-0.3, -0.25) is 0 Å². The van der Waals surface area contributed by atoms with E-state index in [9.17, 15) is 0 Å². The Labute approximate surface area is 428 Å². The first-order valence-corrected chi connectivity index (χ1v) is 25.5. The smallest absolute Gasteiger partial charge is 0.247 e. The summed E-state index contributed by atoms with van der Waals surface area (Å²) in [5, 5.41) is 11.5. The summed E-state index contributed by atoms with van der Waals surface area (Å²) < 4.78 is 20.8. The molecular weight excluding hydrogens is 902 g/mol. The van der Waals surface area contributed by atoms with E-state index in [2.05, 4.69) is 238 Å². The summed E-state index contributed by atoms with van der Waals surface area (Å²) >= 11 is 0. The number of aryl methyl sites for hydroxylation is 3. The molecule has 0 atom stereocenters. The highest BCUT2D eigenvalue weighted by Crippen LogP contribution is 2.52.